The van der Waals surface area contributed by atoms with Crippen LogP contribution in [0.5, 0.6) is 0 Å². The van der Waals surface area contributed by atoms with Crippen LogP contribution in [-0.2, 0) is 0 Å². The number of aryl methyl sites for hydroxylation is 1. The van der Waals surface area contributed by atoms with Crippen LogP contribution in [0.15, 0.2) is 32.7 Å². The Labute approximate surface area is 109 Å². The zero-order chi connectivity index (χ0) is 12.4. The van der Waals surface area contributed by atoms with E-state index in [9.17, 15) is 0 Å². The Balaban J connectivity index is 2.22. The van der Waals surface area contributed by atoms with Crippen molar-refractivity contribution in [3.05, 3.63) is 34.7 Å². The lowest BCUT2D eigenvalue weighted by molar-refractivity contribution is 0.429. The third kappa shape index (κ3) is 3.00. The maximum Gasteiger partial charge on any atom is 0.281 e. The second-order valence-electron chi connectivity index (χ2n) is 3.67. The molecule has 90 valence electrons. The van der Waals surface area contributed by atoms with Gasteiger partial charge in [0, 0.05) is 17.9 Å². The summed E-state index contributed by atoms with van der Waals surface area (Å²) in [5, 5.41) is 8.78. The van der Waals surface area contributed by atoms with E-state index in [0.29, 0.717) is 16.1 Å². The molecular weight excluding hydrogens is 258 g/mol. The van der Waals surface area contributed by atoms with Crippen molar-refractivity contribution < 1.29 is 4.42 Å². The van der Waals surface area contributed by atoms with Gasteiger partial charge in [-0.15, -0.1) is 10.2 Å². The molecule has 6 heteroatoms. The summed E-state index contributed by atoms with van der Waals surface area (Å²) in [6.07, 6.45) is 0. The van der Waals surface area contributed by atoms with Gasteiger partial charge in [-0.1, -0.05) is 17.7 Å². The Morgan fingerprint density at radius 1 is 1.41 bits per heavy atom. The molecule has 0 aliphatic carbocycles. The fourth-order valence-electron chi connectivity index (χ4n) is 1.30. The van der Waals surface area contributed by atoms with Crippen molar-refractivity contribution >= 4 is 23.4 Å². The molecule has 17 heavy (non-hydrogen) atoms. The SMILES string of the molecule is Cc1nnc(Sc2ccc(C(C)N)cc2Cl)o1. The number of hydrogen-bond acceptors (Lipinski definition) is 5. The van der Waals surface area contributed by atoms with Crippen LogP contribution in [0.25, 0.3) is 0 Å². The van der Waals surface area contributed by atoms with Crippen molar-refractivity contribution in [1.29, 1.82) is 0 Å². The summed E-state index contributed by atoms with van der Waals surface area (Å²) in [6, 6.07) is 5.68. The van der Waals surface area contributed by atoms with E-state index < -0.39 is 0 Å². The molecule has 2 N–H and O–H groups in total. The molecular formula is C11H12ClN3OS. The molecule has 4 nitrogen and oxygen atoms in total. The zero-order valence-electron chi connectivity index (χ0n) is 9.48. The molecule has 0 spiro atoms. The Kier molecular flexibility index (Phi) is 3.71. The molecule has 0 amide bonds. The number of nitrogens with two attached hydrogens (primary N) is 1. The minimum absolute atomic E-state index is 0.0304. The van der Waals surface area contributed by atoms with Gasteiger partial charge in [0.05, 0.1) is 5.02 Å². The average Bonchev–Trinajstić information content (AvgIpc) is 2.67. The first-order valence-corrected chi connectivity index (χ1v) is 6.28. The molecule has 1 aromatic carbocycles. The van der Waals surface area contributed by atoms with Crippen molar-refractivity contribution in [2.45, 2.75) is 30.0 Å². The Hall–Kier alpha value is -1.04. The van der Waals surface area contributed by atoms with E-state index in [1.165, 1.54) is 11.8 Å². The van der Waals surface area contributed by atoms with Crippen LogP contribution >= 0.6 is 23.4 Å². The fourth-order valence-corrected chi connectivity index (χ4v) is 2.33. The van der Waals surface area contributed by atoms with Crippen LogP contribution in [0.1, 0.15) is 24.4 Å². The van der Waals surface area contributed by atoms with Gasteiger partial charge in [-0.3, -0.25) is 0 Å². The highest BCUT2D eigenvalue weighted by Crippen LogP contribution is 2.33. The summed E-state index contributed by atoms with van der Waals surface area (Å²) in [5.41, 5.74) is 6.78. The first kappa shape index (κ1) is 12.4. The summed E-state index contributed by atoms with van der Waals surface area (Å²) in [6.45, 7) is 3.66. The van der Waals surface area contributed by atoms with Gasteiger partial charge in [0.1, 0.15) is 0 Å². The van der Waals surface area contributed by atoms with Gasteiger partial charge in [-0.05, 0) is 36.4 Å². The van der Waals surface area contributed by atoms with Crippen LogP contribution in [0.3, 0.4) is 0 Å². The summed E-state index contributed by atoms with van der Waals surface area (Å²) >= 11 is 7.51. The highest BCUT2D eigenvalue weighted by molar-refractivity contribution is 7.99. The Morgan fingerprint density at radius 2 is 2.18 bits per heavy atom. The van der Waals surface area contributed by atoms with E-state index in [0.717, 1.165) is 10.5 Å². The van der Waals surface area contributed by atoms with E-state index in [2.05, 4.69) is 10.2 Å². The summed E-state index contributed by atoms with van der Waals surface area (Å²) < 4.78 is 5.28. The van der Waals surface area contributed by atoms with E-state index in [1.54, 1.807) is 6.92 Å². The van der Waals surface area contributed by atoms with Crippen molar-refractivity contribution in [3.8, 4) is 0 Å². The van der Waals surface area contributed by atoms with Crippen LogP contribution in [0.4, 0.5) is 0 Å². The molecule has 0 saturated carbocycles. The first-order chi connectivity index (χ1) is 8.06. The van der Waals surface area contributed by atoms with Gasteiger partial charge in [-0.2, -0.15) is 0 Å². The Bertz CT molecular complexity index is 527. The highest BCUT2D eigenvalue weighted by atomic mass is 35.5. The monoisotopic (exact) mass is 269 g/mol. The number of hydrogen-bond donors (Lipinski definition) is 1. The van der Waals surface area contributed by atoms with E-state index in [1.807, 2.05) is 25.1 Å². The van der Waals surface area contributed by atoms with Gasteiger partial charge in [0.25, 0.3) is 5.22 Å². The van der Waals surface area contributed by atoms with Crippen LogP contribution in [0, 0.1) is 6.92 Å². The number of nitrogens with zero attached hydrogens (tertiary/aromatic N) is 2. The van der Waals surface area contributed by atoms with Crippen LogP contribution < -0.4 is 5.73 Å². The second-order valence-corrected chi connectivity index (χ2v) is 5.07. The number of benzene rings is 1. The molecule has 1 unspecified atom stereocenters. The largest absolute Gasteiger partial charge is 0.416 e. The molecule has 0 saturated heterocycles. The summed E-state index contributed by atoms with van der Waals surface area (Å²) in [4.78, 5) is 0.875. The molecule has 2 aromatic rings. The number of halogens is 1. The lowest BCUT2D eigenvalue weighted by atomic mass is 10.1. The average molecular weight is 270 g/mol. The molecule has 1 aromatic heterocycles. The predicted octanol–water partition coefficient (Wildman–Crippen LogP) is 3.20. The standard InChI is InChI=1S/C11H12ClN3OS/c1-6(13)8-3-4-10(9(12)5-8)17-11-15-14-7(2)16-11/h3-6H,13H2,1-2H3. The van der Waals surface area contributed by atoms with E-state index in [4.69, 9.17) is 21.8 Å². The van der Waals surface area contributed by atoms with Crippen molar-refractivity contribution in [3.63, 3.8) is 0 Å². The molecule has 0 aliphatic rings. The third-order valence-corrected chi connectivity index (χ3v) is 3.53. The molecule has 0 bridgehead atoms. The van der Waals surface area contributed by atoms with Gasteiger partial charge in [-0.25, -0.2) is 0 Å². The van der Waals surface area contributed by atoms with Crippen molar-refractivity contribution in [1.82, 2.24) is 10.2 Å². The molecule has 0 fully saturated rings. The normalized spacial score (nSPS) is 12.7. The van der Waals surface area contributed by atoms with Gasteiger partial charge in [0.15, 0.2) is 0 Å². The second kappa shape index (κ2) is 5.08. The lowest BCUT2D eigenvalue weighted by Crippen LogP contribution is -2.04. The smallest absolute Gasteiger partial charge is 0.281 e. The quantitative estimate of drug-likeness (QED) is 0.927. The van der Waals surface area contributed by atoms with E-state index in [-0.39, 0.29) is 6.04 Å². The lowest BCUT2D eigenvalue weighted by Gasteiger charge is -2.07. The third-order valence-electron chi connectivity index (χ3n) is 2.19. The number of rotatable bonds is 3. The number of aromatic nitrogens is 2. The van der Waals surface area contributed by atoms with Gasteiger partial charge in [0.2, 0.25) is 5.89 Å². The maximum absolute atomic E-state index is 6.16. The van der Waals surface area contributed by atoms with Crippen molar-refractivity contribution in [2.75, 3.05) is 0 Å². The van der Waals surface area contributed by atoms with Gasteiger partial charge >= 0.3 is 0 Å². The summed E-state index contributed by atoms with van der Waals surface area (Å²) in [5.74, 6) is 0.538. The van der Waals surface area contributed by atoms with E-state index >= 15 is 0 Å². The fraction of sp³-hybridized carbons (Fsp3) is 0.273. The molecule has 0 radical (unpaired) electrons. The molecule has 1 atom stereocenters. The minimum atomic E-state index is -0.0304. The van der Waals surface area contributed by atoms with Crippen LogP contribution in [-0.4, -0.2) is 10.2 Å². The minimum Gasteiger partial charge on any atom is -0.416 e. The Morgan fingerprint density at radius 3 is 2.71 bits per heavy atom. The molecule has 2 rings (SSSR count). The zero-order valence-corrected chi connectivity index (χ0v) is 11.0. The topological polar surface area (TPSA) is 64.9 Å². The highest BCUT2D eigenvalue weighted by Gasteiger charge is 2.10. The molecule has 1 heterocycles. The first-order valence-electron chi connectivity index (χ1n) is 5.09. The van der Waals surface area contributed by atoms with Gasteiger partial charge < -0.3 is 10.2 Å². The maximum atomic E-state index is 6.16. The molecule has 0 aliphatic heterocycles. The predicted molar refractivity (Wildman–Crippen MR) is 67.2 cm³/mol. The van der Waals surface area contributed by atoms with Crippen molar-refractivity contribution in [2.24, 2.45) is 5.73 Å². The van der Waals surface area contributed by atoms with Crippen LogP contribution in [0.2, 0.25) is 5.02 Å². The summed E-state index contributed by atoms with van der Waals surface area (Å²) in [7, 11) is 0.